The summed E-state index contributed by atoms with van der Waals surface area (Å²) in [7, 11) is 3.21. The number of nitrogens with one attached hydrogen (secondary N) is 1. The highest BCUT2D eigenvalue weighted by Gasteiger charge is 2.36. The van der Waals surface area contributed by atoms with E-state index in [1.807, 2.05) is 0 Å². The van der Waals surface area contributed by atoms with Gasteiger partial charge >= 0.3 is 5.97 Å². The summed E-state index contributed by atoms with van der Waals surface area (Å²) in [6.45, 7) is 4.27. The number of carbonyl (C=O) groups excluding carboxylic acids is 1. The second-order valence-corrected chi connectivity index (χ2v) is 7.06. The third kappa shape index (κ3) is 3.97. The van der Waals surface area contributed by atoms with Crippen molar-refractivity contribution in [2.45, 2.75) is 13.5 Å². The Hall–Kier alpha value is -1.08. The Balaban J connectivity index is 1.94. The number of nitrogens with zero attached hydrogens (tertiary/aromatic N) is 2. The summed E-state index contributed by atoms with van der Waals surface area (Å²) < 4.78 is 5.97. The molecule has 5 nitrogen and oxygen atoms in total. The van der Waals surface area contributed by atoms with E-state index in [1.54, 1.807) is 18.4 Å². The quantitative estimate of drug-likeness (QED) is 0.501. The Morgan fingerprint density at radius 3 is 2.95 bits per heavy atom. The molecule has 0 aliphatic carbocycles. The average molecular weight is 374 g/mol. The molecule has 2 rings (SSSR count). The third-order valence-corrected chi connectivity index (χ3v) is 5.37. The maximum atomic E-state index is 11.8. The summed E-state index contributed by atoms with van der Waals surface area (Å²) in [6, 6.07) is 2.09. The molecule has 0 bridgehead atoms. The van der Waals surface area contributed by atoms with Crippen LogP contribution in [-0.2, 0) is 16.1 Å². The molecule has 2 heterocycles. The number of methoxy groups -OCH3 is 1. The van der Waals surface area contributed by atoms with Gasteiger partial charge in [0, 0.05) is 34.9 Å². The van der Waals surface area contributed by atoms with Gasteiger partial charge in [0.05, 0.1) is 19.6 Å². The zero-order valence-electron chi connectivity index (χ0n) is 12.4. The Labute approximate surface area is 137 Å². The van der Waals surface area contributed by atoms with E-state index in [2.05, 4.69) is 49.5 Å². The summed E-state index contributed by atoms with van der Waals surface area (Å²) in [5.41, 5.74) is 0. The minimum atomic E-state index is -0.136. The summed E-state index contributed by atoms with van der Waals surface area (Å²) in [6.07, 6.45) is 0. The van der Waals surface area contributed by atoms with Gasteiger partial charge in [-0.2, -0.15) is 0 Å². The van der Waals surface area contributed by atoms with E-state index in [1.165, 1.54) is 12.0 Å². The van der Waals surface area contributed by atoms with Gasteiger partial charge < -0.3 is 15.0 Å². The van der Waals surface area contributed by atoms with Crippen LogP contribution in [-0.4, -0.2) is 44.1 Å². The van der Waals surface area contributed by atoms with Crippen LogP contribution in [0.4, 0.5) is 0 Å². The number of halogens is 1. The first-order valence-electron chi connectivity index (χ1n) is 6.81. The second kappa shape index (κ2) is 7.26. The molecule has 1 fully saturated rings. The lowest BCUT2D eigenvalue weighted by Crippen LogP contribution is -2.40. The first-order chi connectivity index (χ1) is 10.0. The lowest BCUT2D eigenvalue weighted by atomic mass is 9.99. The highest BCUT2D eigenvalue weighted by molar-refractivity contribution is 9.10. The molecule has 1 aromatic rings. The maximum absolute atomic E-state index is 11.8. The van der Waals surface area contributed by atoms with Crippen LogP contribution >= 0.6 is 27.3 Å². The van der Waals surface area contributed by atoms with Crippen LogP contribution in [0.2, 0.25) is 0 Å². The van der Waals surface area contributed by atoms with Gasteiger partial charge in [0.25, 0.3) is 0 Å². The number of ether oxygens (including phenoxy) is 1. The molecule has 0 radical (unpaired) electrons. The van der Waals surface area contributed by atoms with Crippen molar-refractivity contribution in [3.8, 4) is 0 Å². The number of rotatable bonds is 3. The molecule has 1 aromatic heterocycles. The normalized spacial score (nSPS) is 22.5. The van der Waals surface area contributed by atoms with Crippen LogP contribution in [0.3, 0.4) is 0 Å². The zero-order valence-corrected chi connectivity index (χ0v) is 14.8. The van der Waals surface area contributed by atoms with Crippen LogP contribution in [0.1, 0.15) is 11.8 Å². The first-order valence-corrected chi connectivity index (χ1v) is 8.48. The lowest BCUT2D eigenvalue weighted by molar-refractivity contribution is -0.145. The van der Waals surface area contributed by atoms with E-state index >= 15 is 0 Å². The molecule has 0 aromatic carbocycles. The molecule has 2 unspecified atom stereocenters. The average Bonchev–Trinajstić information content (AvgIpc) is 3.05. The molecule has 1 aliphatic heterocycles. The van der Waals surface area contributed by atoms with Gasteiger partial charge in [0.15, 0.2) is 5.96 Å². The van der Waals surface area contributed by atoms with Crippen molar-refractivity contribution >= 4 is 39.2 Å². The highest BCUT2D eigenvalue weighted by atomic mass is 79.9. The maximum Gasteiger partial charge on any atom is 0.310 e. The fourth-order valence-corrected chi connectivity index (χ4v) is 3.93. The smallest absolute Gasteiger partial charge is 0.310 e. The molecule has 0 spiro atoms. The van der Waals surface area contributed by atoms with Crippen LogP contribution in [0.25, 0.3) is 0 Å². The van der Waals surface area contributed by atoms with Crippen LogP contribution in [0.15, 0.2) is 20.9 Å². The predicted molar refractivity (Wildman–Crippen MR) is 88.5 cm³/mol. The van der Waals surface area contributed by atoms with Crippen molar-refractivity contribution in [2.24, 2.45) is 16.8 Å². The SMILES string of the molecule is CN=C(NCc1cc(Br)cs1)N1CC(C)C(C(=O)OC)C1. The topological polar surface area (TPSA) is 53.9 Å². The summed E-state index contributed by atoms with van der Waals surface area (Å²) in [4.78, 5) is 19.4. The molecule has 2 atom stereocenters. The van der Waals surface area contributed by atoms with Crippen LogP contribution in [0, 0.1) is 11.8 Å². The molecule has 0 saturated carbocycles. The predicted octanol–water partition coefficient (Wildman–Crippen LogP) is 2.33. The number of carbonyl (C=O) groups is 1. The van der Waals surface area contributed by atoms with E-state index in [0.717, 1.165) is 23.5 Å². The van der Waals surface area contributed by atoms with Crippen molar-refractivity contribution in [3.05, 3.63) is 20.8 Å². The Kier molecular flexibility index (Phi) is 5.64. The van der Waals surface area contributed by atoms with E-state index < -0.39 is 0 Å². The Morgan fingerprint density at radius 2 is 2.38 bits per heavy atom. The van der Waals surface area contributed by atoms with E-state index in [4.69, 9.17) is 4.74 Å². The fraction of sp³-hybridized carbons (Fsp3) is 0.571. The van der Waals surface area contributed by atoms with Crippen LogP contribution < -0.4 is 5.32 Å². The van der Waals surface area contributed by atoms with Gasteiger partial charge in [-0.05, 0) is 27.9 Å². The minimum absolute atomic E-state index is 0.0792. The van der Waals surface area contributed by atoms with Gasteiger partial charge in [0.1, 0.15) is 0 Å². The molecule has 1 aliphatic rings. The summed E-state index contributed by atoms with van der Waals surface area (Å²) in [5, 5.41) is 5.41. The molecule has 116 valence electrons. The van der Waals surface area contributed by atoms with Gasteiger partial charge in [-0.15, -0.1) is 11.3 Å². The molecule has 0 amide bonds. The Morgan fingerprint density at radius 1 is 1.62 bits per heavy atom. The van der Waals surface area contributed by atoms with Crippen molar-refractivity contribution in [2.75, 3.05) is 27.2 Å². The molecule has 1 saturated heterocycles. The van der Waals surface area contributed by atoms with Crippen molar-refractivity contribution in [1.82, 2.24) is 10.2 Å². The van der Waals surface area contributed by atoms with Gasteiger partial charge in [-0.3, -0.25) is 9.79 Å². The monoisotopic (exact) mass is 373 g/mol. The van der Waals surface area contributed by atoms with Crippen molar-refractivity contribution in [1.29, 1.82) is 0 Å². The van der Waals surface area contributed by atoms with E-state index in [-0.39, 0.29) is 17.8 Å². The third-order valence-electron chi connectivity index (χ3n) is 3.67. The number of hydrogen-bond donors (Lipinski definition) is 1. The summed E-state index contributed by atoms with van der Waals surface area (Å²) >= 11 is 5.15. The minimum Gasteiger partial charge on any atom is -0.469 e. The van der Waals surface area contributed by atoms with Crippen LogP contribution in [0.5, 0.6) is 0 Å². The summed E-state index contributed by atoms with van der Waals surface area (Å²) in [5.74, 6) is 0.886. The number of hydrogen-bond acceptors (Lipinski definition) is 4. The van der Waals surface area contributed by atoms with Crippen molar-refractivity contribution in [3.63, 3.8) is 0 Å². The second-order valence-electron chi connectivity index (χ2n) is 5.14. The number of esters is 1. The number of aliphatic imine (C=N–C) groups is 1. The van der Waals surface area contributed by atoms with Gasteiger partial charge in [-0.1, -0.05) is 6.92 Å². The first kappa shape index (κ1) is 16.3. The van der Waals surface area contributed by atoms with E-state index in [9.17, 15) is 4.79 Å². The number of likely N-dealkylation sites (tertiary alicyclic amines) is 1. The zero-order chi connectivity index (χ0) is 15.4. The van der Waals surface area contributed by atoms with Crippen molar-refractivity contribution < 1.29 is 9.53 Å². The van der Waals surface area contributed by atoms with Gasteiger partial charge in [0.2, 0.25) is 0 Å². The fourth-order valence-electron chi connectivity index (χ4n) is 2.54. The molecular weight excluding hydrogens is 354 g/mol. The highest BCUT2D eigenvalue weighted by Crippen LogP contribution is 2.24. The number of thiophene rings is 1. The molecular formula is C14H20BrN3O2S. The number of guanidine groups is 1. The Bertz CT molecular complexity index is 532. The largest absolute Gasteiger partial charge is 0.469 e. The molecule has 1 N–H and O–H groups in total. The van der Waals surface area contributed by atoms with E-state index in [0.29, 0.717) is 6.54 Å². The molecule has 21 heavy (non-hydrogen) atoms. The standard InChI is InChI=1S/C14H20BrN3O2S/c1-9-6-18(7-12(9)13(19)20-3)14(16-2)17-5-11-4-10(15)8-21-11/h4,8-9,12H,5-7H2,1-3H3,(H,16,17). The molecule has 7 heteroatoms. The lowest BCUT2D eigenvalue weighted by Gasteiger charge is -2.21. The van der Waals surface area contributed by atoms with Gasteiger partial charge in [-0.25, -0.2) is 0 Å².